The summed E-state index contributed by atoms with van der Waals surface area (Å²) >= 11 is 0. The molecule has 1 fully saturated rings. The van der Waals surface area contributed by atoms with E-state index in [4.69, 9.17) is 0 Å². The summed E-state index contributed by atoms with van der Waals surface area (Å²) in [7, 11) is 0. The Morgan fingerprint density at radius 3 is 2.81 bits per heavy atom. The van der Waals surface area contributed by atoms with Crippen molar-refractivity contribution >= 4 is 5.91 Å². The third-order valence-corrected chi connectivity index (χ3v) is 4.85. The Morgan fingerprint density at radius 2 is 2.04 bits per heavy atom. The van der Waals surface area contributed by atoms with Crippen molar-refractivity contribution in [2.45, 2.75) is 38.5 Å². The highest BCUT2D eigenvalue weighted by molar-refractivity contribution is 5.86. The van der Waals surface area contributed by atoms with E-state index in [1.54, 1.807) is 23.1 Å². The van der Waals surface area contributed by atoms with Crippen molar-refractivity contribution in [2.75, 3.05) is 13.1 Å². The van der Waals surface area contributed by atoms with E-state index < -0.39 is 5.60 Å². The van der Waals surface area contributed by atoms with E-state index in [0.717, 1.165) is 5.56 Å². The fraction of sp³-hybridized carbons (Fsp3) is 0.381. The van der Waals surface area contributed by atoms with Crippen molar-refractivity contribution in [2.24, 2.45) is 0 Å². The van der Waals surface area contributed by atoms with Gasteiger partial charge in [0.05, 0.1) is 0 Å². The van der Waals surface area contributed by atoms with Gasteiger partial charge in [-0.3, -0.25) is 4.79 Å². The lowest BCUT2D eigenvalue weighted by Crippen LogP contribution is -2.57. The zero-order valence-electron chi connectivity index (χ0n) is 15.0. The van der Waals surface area contributed by atoms with Crippen LogP contribution in [0.4, 0.5) is 4.39 Å². The van der Waals surface area contributed by atoms with Gasteiger partial charge in [-0.1, -0.05) is 48.0 Å². The number of likely N-dealkylation sites (tertiary alicyclic amines) is 1. The molecule has 2 aromatic carbocycles. The highest BCUT2D eigenvalue weighted by Crippen LogP contribution is 2.24. The first kappa shape index (κ1) is 18.5. The molecule has 1 saturated heterocycles. The Labute approximate surface area is 153 Å². The van der Waals surface area contributed by atoms with Gasteiger partial charge >= 0.3 is 0 Å². The second-order valence-electron chi connectivity index (χ2n) is 7.05. The van der Waals surface area contributed by atoms with Crippen LogP contribution < -0.4 is 5.32 Å². The lowest BCUT2D eigenvalue weighted by atomic mass is 9.91. The number of benzene rings is 2. The minimum absolute atomic E-state index is 0.186. The molecule has 0 radical (unpaired) electrons. The summed E-state index contributed by atoms with van der Waals surface area (Å²) in [4.78, 5) is 14.3. The number of nitrogens with one attached hydrogen (secondary N) is 1. The molecule has 0 bridgehead atoms. The van der Waals surface area contributed by atoms with Crippen LogP contribution in [0.5, 0.6) is 0 Å². The quantitative estimate of drug-likeness (QED) is 0.837. The van der Waals surface area contributed by atoms with Gasteiger partial charge in [0.1, 0.15) is 5.82 Å². The standard InChI is InChI=1S/C21H25FN2O2/c1-16-6-4-7-17(12-16)13-23-15-21(26)10-5-11-24(20(21)25)14-18-8-2-3-9-19(18)22/h2-4,6-9,12,23,26H,5,10-11,13-15H2,1H3/t21-/m1/s1. The summed E-state index contributed by atoms with van der Waals surface area (Å²) in [5.41, 5.74) is 1.32. The number of rotatable bonds is 6. The average molecular weight is 356 g/mol. The zero-order valence-corrected chi connectivity index (χ0v) is 15.0. The van der Waals surface area contributed by atoms with Gasteiger partial charge in [0, 0.05) is 31.7 Å². The maximum absolute atomic E-state index is 13.9. The summed E-state index contributed by atoms with van der Waals surface area (Å²) in [6, 6.07) is 14.5. The number of carbonyl (C=O) groups is 1. The third kappa shape index (κ3) is 4.29. The van der Waals surface area contributed by atoms with Crippen molar-refractivity contribution in [1.29, 1.82) is 0 Å². The van der Waals surface area contributed by atoms with Crippen LogP contribution in [0.2, 0.25) is 0 Å². The molecule has 0 aliphatic carbocycles. The van der Waals surface area contributed by atoms with E-state index in [1.807, 2.05) is 25.1 Å². The van der Waals surface area contributed by atoms with Gasteiger partial charge in [0.2, 0.25) is 0 Å². The van der Waals surface area contributed by atoms with Crippen molar-refractivity contribution < 1.29 is 14.3 Å². The van der Waals surface area contributed by atoms with Gasteiger partial charge in [0.15, 0.2) is 5.60 Å². The minimum atomic E-state index is -1.44. The van der Waals surface area contributed by atoms with Crippen molar-refractivity contribution in [3.05, 3.63) is 71.0 Å². The van der Waals surface area contributed by atoms with Crippen LogP contribution in [0.25, 0.3) is 0 Å². The molecule has 1 atom stereocenters. The predicted molar refractivity (Wildman–Crippen MR) is 98.9 cm³/mol. The molecule has 0 saturated carbocycles. The molecule has 5 heteroatoms. The van der Waals surface area contributed by atoms with Crippen molar-refractivity contribution in [3.8, 4) is 0 Å². The first-order valence-corrected chi connectivity index (χ1v) is 8.99. The summed E-state index contributed by atoms with van der Waals surface area (Å²) < 4.78 is 13.9. The second kappa shape index (κ2) is 7.98. The van der Waals surface area contributed by atoms with E-state index in [1.165, 1.54) is 11.6 Å². The molecule has 138 valence electrons. The molecular formula is C21H25FN2O2. The van der Waals surface area contributed by atoms with Crippen LogP contribution in [0.3, 0.4) is 0 Å². The molecule has 1 aliphatic heterocycles. The number of amides is 1. The summed E-state index contributed by atoms with van der Waals surface area (Å²) in [5, 5.41) is 14.0. The predicted octanol–water partition coefficient (Wildman–Crippen LogP) is 2.78. The van der Waals surface area contributed by atoms with E-state index >= 15 is 0 Å². The maximum atomic E-state index is 13.9. The Hall–Kier alpha value is -2.24. The van der Waals surface area contributed by atoms with Crippen molar-refractivity contribution in [3.63, 3.8) is 0 Å². The Kier molecular flexibility index (Phi) is 5.69. The van der Waals surface area contributed by atoms with Crippen LogP contribution in [0.15, 0.2) is 48.5 Å². The van der Waals surface area contributed by atoms with E-state index in [2.05, 4.69) is 11.4 Å². The van der Waals surface area contributed by atoms with Gasteiger partial charge in [-0.05, 0) is 31.4 Å². The number of aryl methyl sites for hydroxylation is 1. The summed E-state index contributed by atoms with van der Waals surface area (Å²) in [6.07, 6.45) is 1.11. The number of hydrogen-bond acceptors (Lipinski definition) is 3. The van der Waals surface area contributed by atoms with E-state index in [-0.39, 0.29) is 24.8 Å². The summed E-state index contributed by atoms with van der Waals surface area (Å²) in [6.45, 7) is 3.53. The van der Waals surface area contributed by atoms with Gasteiger partial charge in [-0.15, -0.1) is 0 Å². The van der Waals surface area contributed by atoms with Gasteiger partial charge in [0.25, 0.3) is 5.91 Å². The Balaban J connectivity index is 1.61. The fourth-order valence-electron chi connectivity index (χ4n) is 3.45. The number of aliphatic hydroxyl groups is 1. The SMILES string of the molecule is Cc1cccc(CNC[C@]2(O)CCCN(Cc3ccccc3F)C2=O)c1. The van der Waals surface area contributed by atoms with Crippen LogP contribution in [0, 0.1) is 12.7 Å². The van der Waals surface area contributed by atoms with Crippen LogP contribution in [-0.4, -0.2) is 34.6 Å². The highest BCUT2D eigenvalue weighted by atomic mass is 19.1. The molecule has 26 heavy (non-hydrogen) atoms. The first-order valence-electron chi connectivity index (χ1n) is 8.99. The average Bonchev–Trinajstić information content (AvgIpc) is 2.61. The Morgan fingerprint density at radius 1 is 1.23 bits per heavy atom. The molecule has 2 N–H and O–H groups in total. The van der Waals surface area contributed by atoms with Gasteiger partial charge in [-0.2, -0.15) is 0 Å². The molecule has 0 unspecified atom stereocenters. The zero-order chi connectivity index (χ0) is 18.6. The molecule has 1 amide bonds. The molecule has 1 aliphatic rings. The topological polar surface area (TPSA) is 52.6 Å². The maximum Gasteiger partial charge on any atom is 0.256 e. The van der Waals surface area contributed by atoms with E-state index in [0.29, 0.717) is 31.5 Å². The molecule has 2 aromatic rings. The molecule has 4 nitrogen and oxygen atoms in total. The van der Waals surface area contributed by atoms with Crippen LogP contribution in [-0.2, 0) is 17.9 Å². The van der Waals surface area contributed by atoms with Crippen molar-refractivity contribution in [1.82, 2.24) is 10.2 Å². The van der Waals surface area contributed by atoms with Crippen LogP contribution in [0.1, 0.15) is 29.5 Å². The molecule has 1 heterocycles. The number of nitrogens with zero attached hydrogens (tertiary/aromatic N) is 1. The number of hydrogen-bond donors (Lipinski definition) is 2. The minimum Gasteiger partial charge on any atom is -0.379 e. The normalized spacial score (nSPS) is 20.4. The number of piperidine rings is 1. The largest absolute Gasteiger partial charge is 0.379 e. The van der Waals surface area contributed by atoms with E-state index in [9.17, 15) is 14.3 Å². The number of carbonyl (C=O) groups excluding carboxylic acids is 1. The van der Waals surface area contributed by atoms with Gasteiger partial charge < -0.3 is 15.3 Å². The summed E-state index contributed by atoms with van der Waals surface area (Å²) in [5.74, 6) is -0.657. The number of halogens is 1. The second-order valence-corrected chi connectivity index (χ2v) is 7.05. The third-order valence-electron chi connectivity index (χ3n) is 4.85. The fourth-order valence-corrected chi connectivity index (χ4v) is 3.45. The first-order chi connectivity index (χ1) is 12.5. The smallest absolute Gasteiger partial charge is 0.256 e. The lowest BCUT2D eigenvalue weighted by molar-refractivity contribution is -0.157. The van der Waals surface area contributed by atoms with Gasteiger partial charge in [-0.25, -0.2) is 4.39 Å². The molecule has 3 rings (SSSR count). The molecule has 0 aromatic heterocycles. The molecule has 0 spiro atoms. The molecular weight excluding hydrogens is 331 g/mol. The highest BCUT2D eigenvalue weighted by Gasteiger charge is 2.41. The van der Waals surface area contributed by atoms with Crippen LogP contribution >= 0.6 is 0 Å². The monoisotopic (exact) mass is 356 g/mol. The Bertz CT molecular complexity index is 780. The lowest BCUT2D eigenvalue weighted by Gasteiger charge is -2.38.